The second-order valence-electron chi connectivity index (χ2n) is 5.75. The standard InChI is InChI=1S/C19H23NO3S/c1-4-20(5-2)19(21)17-8-6-7-16(13-17)14-24(22,23)18-11-9-15(3)10-12-18/h6-13H,4-5,14H2,1-3H3. The highest BCUT2D eigenvalue weighted by molar-refractivity contribution is 7.90. The zero-order chi connectivity index (χ0) is 17.7. The number of amides is 1. The van der Waals surface area contributed by atoms with E-state index in [1.54, 1.807) is 53.4 Å². The van der Waals surface area contributed by atoms with Crippen molar-refractivity contribution in [3.63, 3.8) is 0 Å². The van der Waals surface area contributed by atoms with E-state index in [1.807, 2.05) is 20.8 Å². The Morgan fingerprint density at radius 3 is 2.21 bits per heavy atom. The molecule has 2 rings (SSSR count). The minimum atomic E-state index is -3.43. The van der Waals surface area contributed by atoms with E-state index in [-0.39, 0.29) is 11.7 Å². The number of nitrogens with zero attached hydrogens (tertiary/aromatic N) is 1. The van der Waals surface area contributed by atoms with Crippen molar-refractivity contribution >= 4 is 15.7 Å². The molecule has 5 heteroatoms. The first-order valence-electron chi connectivity index (χ1n) is 8.05. The first-order chi connectivity index (χ1) is 11.4. The number of aryl methyl sites for hydroxylation is 1. The number of carbonyl (C=O) groups is 1. The Hall–Kier alpha value is -2.14. The maximum Gasteiger partial charge on any atom is 0.253 e. The van der Waals surface area contributed by atoms with Gasteiger partial charge in [-0.25, -0.2) is 8.42 Å². The third-order valence-electron chi connectivity index (χ3n) is 3.96. The molecular weight excluding hydrogens is 322 g/mol. The summed E-state index contributed by atoms with van der Waals surface area (Å²) in [6.07, 6.45) is 0. The summed E-state index contributed by atoms with van der Waals surface area (Å²) in [7, 11) is -3.43. The van der Waals surface area contributed by atoms with Gasteiger partial charge in [-0.1, -0.05) is 29.8 Å². The third-order valence-corrected chi connectivity index (χ3v) is 5.67. The SMILES string of the molecule is CCN(CC)C(=O)c1cccc(CS(=O)(=O)c2ccc(C)cc2)c1. The molecule has 0 N–H and O–H groups in total. The fourth-order valence-electron chi connectivity index (χ4n) is 2.54. The van der Waals surface area contributed by atoms with Gasteiger partial charge in [0.25, 0.3) is 5.91 Å². The average molecular weight is 345 g/mol. The lowest BCUT2D eigenvalue weighted by Gasteiger charge is -2.19. The number of sulfone groups is 1. The normalized spacial score (nSPS) is 11.3. The van der Waals surface area contributed by atoms with Crippen LogP contribution in [0.1, 0.15) is 35.3 Å². The first-order valence-corrected chi connectivity index (χ1v) is 9.70. The van der Waals surface area contributed by atoms with Crippen LogP contribution in [0.4, 0.5) is 0 Å². The lowest BCUT2D eigenvalue weighted by molar-refractivity contribution is 0.0773. The smallest absolute Gasteiger partial charge is 0.253 e. The van der Waals surface area contributed by atoms with Crippen LogP contribution >= 0.6 is 0 Å². The fraction of sp³-hybridized carbons (Fsp3) is 0.316. The van der Waals surface area contributed by atoms with Gasteiger partial charge in [-0.3, -0.25) is 4.79 Å². The van der Waals surface area contributed by atoms with Crippen LogP contribution in [0.3, 0.4) is 0 Å². The summed E-state index contributed by atoms with van der Waals surface area (Å²) in [5.74, 6) is -0.190. The molecule has 24 heavy (non-hydrogen) atoms. The van der Waals surface area contributed by atoms with Gasteiger partial charge in [-0.05, 0) is 50.6 Å². The van der Waals surface area contributed by atoms with Crippen LogP contribution in [0, 0.1) is 6.92 Å². The van der Waals surface area contributed by atoms with Gasteiger partial charge in [0.15, 0.2) is 9.84 Å². The molecule has 0 fully saturated rings. The molecule has 0 unspecified atom stereocenters. The Morgan fingerprint density at radius 2 is 1.62 bits per heavy atom. The van der Waals surface area contributed by atoms with E-state index in [2.05, 4.69) is 0 Å². The summed E-state index contributed by atoms with van der Waals surface area (Å²) < 4.78 is 25.1. The number of rotatable bonds is 6. The monoisotopic (exact) mass is 345 g/mol. The second kappa shape index (κ2) is 7.62. The molecular formula is C19H23NO3S. The van der Waals surface area contributed by atoms with Crippen molar-refractivity contribution in [1.82, 2.24) is 4.90 Å². The zero-order valence-corrected chi connectivity index (χ0v) is 15.1. The molecule has 0 heterocycles. The molecule has 0 aliphatic rings. The highest BCUT2D eigenvalue weighted by Gasteiger charge is 2.17. The molecule has 0 radical (unpaired) electrons. The summed E-state index contributed by atoms with van der Waals surface area (Å²) in [5, 5.41) is 0. The van der Waals surface area contributed by atoms with Gasteiger partial charge in [0.1, 0.15) is 0 Å². The molecule has 128 valence electrons. The molecule has 0 saturated carbocycles. The number of hydrogen-bond donors (Lipinski definition) is 0. The highest BCUT2D eigenvalue weighted by atomic mass is 32.2. The lowest BCUT2D eigenvalue weighted by Crippen LogP contribution is -2.30. The zero-order valence-electron chi connectivity index (χ0n) is 14.3. The van der Waals surface area contributed by atoms with Crippen LogP contribution in [0.15, 0.2) is 53.4 Å². The van der Waals surface area contributed by atoms with Crippen LogP contribution in [-0.4, -0.2) is 32.3 Å². The third kappa shape index (κ3) is 4.23. The highest BCUT2D eigenvalue weighted by Crippen LogP contribution is 2.18. The summed E-state index contributed by atoms with van der Waals surface area (Å²) in [5.41, 5.74) is 2.16. The molecule has 0 aromatic heterocycles. The second-order valence-corrected chi connectivity index (χ2v) is 7.74. The first kappa shape index (κ1) is 18.2. The molecule has 0 aliphatic heterocycles. The van der Waals surface area contributed by atoms with Crippen molar-refractivity contribution in [2.75, 3.05) is 13.1 Å². The van der Waals surface area contributed by atoms with Crippen molar-refractivity contribution in [3.8, 4) is 0 Å². The van der Waals surface area contributed by atoms with Crippen molar-refractivity contribution in [2.45, 2.75) is 31.4 Å². The molecule has 1 amide bonds. The van der Waals surface area contributed by atoms with Crippen molar-refractivity contribution in [3.05, 3.63) is 65.2 Å². The van der Waals surface area contributed by atoms with E-state index in [0.29, 0.717) is 29.1 Å². The van der Waals surface area contributed by atoms with E-state index in [0.717, 1.165) is 5.56 Å². The maximum atomic E-state index is 12.5. The summed E-state index contributed by atoms with van der Waals surface area (Å²) >= 11 is 0. The van der Waals surface area contributed by atoms with Gasteiger partial charge in [0.2, 0.25) is 0 Å². The van der Waals surface area contributed by atoms with Gasteiger partial charge in [0.05, 0.1) is 10.6 Å². The average Bonchev–Trinajstić information content (AvgIpc) is 2.56. The Morgan fingerprint density at radius 1 is 1.00 bits per heavy atom. The topological polar surface area (TPSA) is 54.5 Å². The fourth-order valence-corrected chi connectivity index (χ4v) is 3.87. The van der Waals surface area contributed by atoms with Gasteiger partial charge in [-0.15, -0.1) is 0 Å². The Labute approximate surface area is 144 Å². The lowest BCUT2D eigenvalue weighted by atomic mass is 10.1. The van der Waals surface area contributed by atoms with E-state index >= 15 is 0 Å². The number of benzene rings is 2. The molecule has 0 bridgehead atoms. The van der Waals surface area contributed by atoms with E-state index in [1.165, 1.54) is 0 Å². The van der Waals surface area contributed by atoms with Crippen molar-refractivity contribution in [2.24, 2.45) is 0 Å². The van der Waals surface area contributed by atoms with Crippen LogP contribution < -0.4 is 0 Å². The molecule has 2 aromatic carbocycles. The Balaban J connectivity index is 2.26. The molecule has 0 aliphatic carbocycles. The van der Waals surface area contributed by atoms with Gasteiger partial charge in [0, 0.05) is 18.7 Å². The number of hydrogen-bond acceptors (Lipinski definition) is 3. The summed E-state index contributed by atoms with van der Waals surface area (Å²) in [4.78, 5) is 14.4. The molecule has 0 spiro atoms. The van der Waals surface area contributed by atoms with Crippen molar-refractivity contribution in [1.29, 1.82) is 0 Å². The van der Waals surface area contributed by atoms with E-state index in [9.17, 15) is 13.2 Å². The largest absolute Gasteiger partial charge is 0.339 e. The predicted molar refractivity (Wildman–Crippen MR) is 95.8 cm³/mol. The van der Waals surface area contributed by atoms with E-state index in [4.69, 9.17) is 0 Å². The van der Waals surface area contributed by atoms with Gasteiger partial charge >= 0.3 is 0 Å². The van der Waals surface area contributed by atoms with Crippen LogP contribution in [-0.2, 0) is 15.6 Å². The minimum Gasteiger partial charge on any atom is -0.339 e. The van der Waals surface area contributed by atoms with Gasteiger partial charge in [-0.2, -0.15) is 0 Å². The Kier molecular flexibility index (Phi) is 5.78. The Bertz CT molecular complexity index is 807. The van der Waals surface area contributed by atoms with Crippen LogP contribution in [0.2, 0.25) is 0 Å². The van der Waals surface area contributed by atoms with Crippen LogP contribution in [0.5, 0.6) is 0 Å². The maximum absolute atomic E-state index is 12.5. The predicted octanol–water partition coefficient (Wildman–Crippen LogP) is 3.45. The molecule has 0 atom stereocenters. The minimum absolute atomic E-state index is 0.0745. The van der Waals surface area contributed by atoms with Gasteiger partial charge < -0.3 is 4.90 Å². The quantitative estimate of drug-likeness (QED) is 0.806. The molecule has 4 nitrogen and oxygen atoms in total. The molecule has 0 saturated heterocycles. The summed E-state index contributed by atoms with van der Waals surface area (Å²) in [6, 6.07) is 13.7. The van der Waals surface area contributed by atoms with Crippen molar-refractivity contribution < 1.29 is 13.2 Å². The van der Waals surface area contributed by atoms with E-state index < -0.39 is 9.84 Å². The summed E-state index contributed by atoms with van der Waals surface area (Å²) in [6.45, 7) is 7.02. The molecule has 2 aromatic rings. The van der Waals surface area contributed by atoms with Crippen LogP contribution in [0.25, 0.3) is 0 Å². The number of carbonyl (C=O) groups excluding carboxylic acids is 1.